The van der Waals surface area contributed by atoms with Crippen molar-refractivity contribution < 1.29 is 4.74 Å². The third kappa shape index (κ3) is 3.32. The summed E-state index contributed by atoms with van der Waals surface area (Å²) in [5.41, 5.74) is -0.205. The SMILES string of the molecule is COC(C)(C)C1C=CC=C1P(c1ccccc1)c1ccccc1. The fourth-order valence-electron chi connectivity index (χ4n) is 3.00. The van der Waals surface area contributed by atoms with Crippen molar-refractivity contribution in [1.82, 2.24) is 0 Å². The van der Waals surface area contributed by atoms with E-state index in [4.69, 9.17) is 4.74 Å². The van der Waals surface area contributed by atoms with Crippen LogP contribution in [0.3, 0.4) is 0 Å². The second-order valence-corrected chi connectivity index (χ2v) is 8.49. The molecule has 3 rings (SSSR count). The molecule has 0 bridgehead atoms. The van der Waals surface area contributed by atoms with E-state index in [1.165, 1.54) is 15.9 Å². The molecular formula is C21H23OP. The minimum atomic E-state index is -0.543. The maximum atomic E-state index is 5.79. The van der Waals surface area contributed by atoms with Crippen LogP contribution in [0.2, 0.25) is 0 Å². The molecule has 23 heavy (non-hydrogen) atoms. The van der Waals surface area contributed by atoms with Crippen LogP contribution in [-0.4, -0.2) is 12.7 Å². The van der Waals surface area contributed by atoms with Crippen LogP contribution >= 0.6 is 7.92 Å². The number of rotatable bonds is 5. The summed E-state index contributed by atoms with van der Waals surface area (Å²) in [5, 5.41) is 4.24. The van der Waals surface area contributed by atoms with Gasteiger partial charge in [-0.1, -0.05) is 78.9 Å². The molecule has 2 aromatic carbocycles. The van der Waals surface area contributed by atoms with Crippen LogP contribution in [-0.2, 0) is 4.74 Å². The molecule has 0 amide bonds. The molecule has 1 aliphatic carbocycles. The quantitative estimate of drug-likeness (QED) is 0.730. The molecule has 0 saturated heterocycles. The van der Waals surface area contributed by atoms with Crippen molar-refractivity contribution in [3.63, 3.8) is 0 Å². The zero-order chi connectivity index (χ0) is 16.3. The van der Waals surface area contributed by atoms with Crippen LogP contribution in [0, 0.1) is 5.92 Å². The standard InChI is InChI=1S/C21H23OP/c1-21(2,22-3)19-15-10-16-20(19)23(17-11-6-4-7-12-17)18-13-8-5-9-14-18/h4-16,19H,1-3H3. The van der Waals surface area contributed by atoms with E-state index in [2.05, 4.69) is 92.7 Å². The fraction of sp³-hybridized carbons (Fsp3) is 0.238. The molecule has 2 aromatic rings. The van der Waals surface area contributed by atoms with Gasteiger partial charge in [-0.2, -0.15) is 0 Å². The Morgan fingerprint density at radius 1 is 0.870 bits per heavy atom. The second kappa shape index (κ2) is 6.83. The summed E-state index contributed by atoms with van der Waals surface area (Å²) in [6.07, 6.45) is 6.75. The van der Waals surface area contributed by atoms with Gasteiger partial charge in [-0.15, -0.1) is 0 Å². The number of hydrogen-bond donors (Lipinski definition) is 0. The molecular weight excluding hydrogens is 299 g/mol. The Bertz CT molecular complexity index is 662. The lowest BCUT2D eigenvalue weighted by molar-refractivity contribution is 0.00120. The van der Waals surface area contributed by atoms with Crippen molar-refractivity contribution in [2.24, 2.45) is 5.92 Å². The third-order valence-electron chi connectivity index (χ3n) is 4.45. The highest BCUT2D eigenvalue weighted by molar-refractivity contribution is 7.76. The van der Waals surface area contributed by atoms with Gasteiger partial charge in [0.15, 0.2) is 0 Å². The molecule has 0 fully saturated rings. The zero-order valence-corrected chi connectivity index (χ0v) is 14.8. The molecule has 1 nitrogen and oxygen atoms in total. The van der Waals surface area contributed by atoms with Crippen molar-refractivity contribution in [3.05, 3.63) is 84.2 Å². The van der Waals surface area contributed by atoms with Crippen LogP contribution in [0.1, 0.15) is 13.8 Å². The van der Waals surface area contributed by atoms with E-state index in [0.717, 1.165) is 0 Å². The molecule has 2 heteroatoms. The van der Waals surface area contributed by atoms with Crippen LogP contribution < -0.4 is 10.6 Å². The first-order valence-corrected chi connectivity index (χ1v) is 9.31. The van der Waals surface area contributed by atoms with Gasteiger partial charge in [0.1, 0.15) is 0 Å². The number of methoxy groups -OCH3 is 1. The summed E-state index contributed by atoms with van der Waals surface area (Å²) in [6.45, 7) is 4.34. The smallest absolute Gasteiger partial charge is 0.0726 e. The van der Waals surface area contributed by atoms with Gasteiger partial charge in [-0.05, 0) is 37.7 Å². The Kier molecular flexibility index (Phi) is 4.80. The van der Waals surface area contributed by atoms with Crippen molar-refractivity contribution in [1.29, 1.82) is 0 Å². The summed E-state index contributed by atoms with van der Waals surface area (Å²) >= 11 is 0. The zero-order valence-electron chi connectivity index (χ0n) is 13.9. The molecule has 0 saturated carbocycles. The lowest BCUT2D eigenvalue weighted by Crippen LogP contribution is -2.33. The molecule has 1 unspecified atom stereocenters. The van der Waals surface area contributed by atoms with E-state index >= 15 is 0 Å². The Morgan fingerprint density at radius 3 is 1.87 bits per heavy atom. The molecule has 118 valence electrons. The number of benzene rings is 2. The van der Waals surface area contributed by atoms with Crippen LogP contribution in [0.5, 0.6) is 0 Å². The van der Waals surface area contributed by atoms with E-state index in [1.54, 1.807) is 7.11 Å². The van der Waals surface area contributed by atoms with Gasteiger partial charge in [-0.25, -0.2) is 0 Å². The van der Waals surface area contributed by atoms with E-state index in [9.17, 15) is 0 Å². The van der Waals surface area contributed by atoms with Gasteiger partial charge in [0.2, 0.25) is 0 Å². The summed E-state index contributed by atoms with van der Waals surface area (Å²) in [5.74, 6) is 0.305. The Balaban J connectivity index is 2.07. The van der Waals surface area contributed by atoms with E-state index in [0.29, 0.717) is 5.92 Å². The molecule has 0 aliphatic heterocycles. The van der Waals surface area contributed by atoms with Gasteiger partial charge in [0, 0.05) is 13.0 Å². The maximum absolute atomic E-state index is 5.79. The average Bonchev–Trinajstić information content (AvgIpc) is 3.07. The van der Waals surface area contributed by atoms with Crippen LogP contribution in [0.25, 0.3) is 0 Å². The monoisotopic (exact) mass is 322 g/mol. The van der Waals surface area contributed by atoms with Gasteiger partial charge in [-0.3, -0.25) is 0 Å². The average molecular weight is 322 g/mol. The highest BCUT2D eigenvalue weighted by atomic mass is 31.1. The molecule has 0 N–H and O–H groups in total. The van der Waals surface area contributed by atoms with Crippen molar-refractivity contribution in [2.45, 2.75) is 19.4 Å². The summed E-state index contributed by atoms with van der Waals surface area (Å²) in [7, 11) is 1.26. The van der Waals surface area contributed by atoms with Gasteiger partial charge in [0.05, 0.1) is 5.60 Å². The highest BCUT2D eigenvalue weighted by Gasteiger charge is 2.36. The molecule has 0 radical (unpaired) electrons. The van der Waals surface area contributed by atoms with Crippen LogP contribution in [0.4, 0.5) is 0 Å². The molecule has 0 aromatic heterocycles. The van der Waals surface area contributed by atoms with Crippen molar-refractivity contribution in [3.8, 4) is 0 Å². The first-order chi connectivity index (χ1) is 11.1. The first kappa shape index (κ1) is 16.2. The highest BCUT2D eigenvalue weighted by Crippen LogP contribution is 2.52. The lowest BCUT2D eigenvalue weighted by Gasteiger charge is -2.35. The molecule has 0 spiro atoms. The minimum Gasteiger partial charge on any atom is -0.378 e. The lowest BCUT2D eigenvalue weighted by atomic mass is 9.92. The minimum absolute atomic E-state index is 0.205. The molecule has 1 aliphatic rings. The Hall–Kier alpha value is -1.69. The van der Waals surface area contributed by atoms with Gasteiger partial charge in [0.25, 0.3) is 0 Å². The second-order valence-electron chi connectivity index (χ2n) is 6.27. The number of hydrogen-bond acceptors (Lipinski definition) is 1. The van der Waals surface area contributed by atoms with Gasteiger partial charge < -0.3 is 4.74 Å². The van der Waals surface area contributed by atoms with E-state index in [1.807, 2.05) is 0 Å². The largest absolute Gasteiger partial charge is 0.378 e. The van der Waals surface area contributed by atoms with Crippen molar-refractivity contribution in [2.75, 3.05) is 7.11 Å². The predicted molar refractivity (Wildman–Crippen MR) is 101 cm³/mol. The van der Waals surface area contributed by atoms with E-state index in [-0.39, 0.29) is 5.60 Å². The Labute approximate surface area is 140 Å². The predicted octanol–water partition coefficient (Wildman–Crippen LogP) is 4.61. The van der Waals surface area contributed by atoms with E-state index < -0.39 is 7.92 Å². The summed E-state index contributed by atoms with van der Waals surface area (Å²) in [6, 6.07) is 21.7. The maximum Gasteiger partial charge on any atom is 0.0726 e. The fourth-order valence-corrected chi connectivity index (χ4v) is 5.74. The normalized spacial score (nSPS) is 17.6. The summed E-state index contributed by atoms with van der Waals surface area (Å²) < 4.78 is 5.79. The Morgan fingerprint density at radius 2 is 1.39 bits per heavy atom. The molecule has 1 atom stereocenters. The summed E-state index contributed by atoms with van der Waals surface area (Å²) in [4.78, 5) is 0. The van der Waals surface area contributed by atoms with Crippen molar-refractivity contribution >= 4 is 18.5 Å². The number of allylic oxidation sites excluding steroid dienone is 2. The number of ether oxygens (including phenoxy) is 1. The molecule has 0 heterocycles. The first-order valence-electron chi connectivity index (χ1n) is 7.97. The van der Waals surface area contributed by atoms with Crippen LogP contribution in [0.15, 0.2) is 84.2 Å². The third-order valence-corrected chi connectivity index (χ3v) is 7.02. The van der Waals surface area contributed by atoms with Gasteiger partial charge >= 0.3 is 0 Å². The topological polar surface area (TPSA) is 9.23 Å².